The molecule has 2 saturated heterocycles. The van der Waals surface area contributed by atoms with Gasteiger partial charge in [0.15, 0.2) is 5.60 Å². The lowest BCUT2D eigenvalue weighted by molar-refractivity contribution is -0.177. The lowest BCUT2D eigenvalue weighted by Crippen LogP contribution is -2.54. The van der Waals surface area contributed by atoms with Gasteiger partial charge in [-0.25, -0.2) is 4.98 Å². The van der Waals surface area contributed by atoms with Gasteiger partial charge in [-0.2, -0.15) is 0 Å². The van der Waals surface area contributed by atoms with Gasteiger partial charge in [0.1, 0.15) is 11.1 Å². The number of hydrogen-bond donors (Lipinski definition) is 0. The molecule has 0 radical (unpaired) electrons. The van der Waals surface area contributed by atoms with Crippen LogP contribution in [0.4, 0.5) is 0 Å². The second kappa shape index (κ2) is 5.00. The van der Waals surface area contributed by atoms with Crippen LogP contribution in [0.25, 0.3) is 10.2 Å². The topological polar surface area (TPSA) is 51.7 Å². The lowest BCUT2D eigenvalue weighted by atomic mass is 9.76. The second-order valence-corrected chi connectivity index (χ2v) is 7.52. The molecule has 5 rings (SSSR count). The van der Waals surface area contributed by atoms with E-state index >= 15 is 0 Å². The Morgan fingerprint density at radius 1 is 1.48 bits per heavy atom. The fourth-order valence-corrected chi connectivity index (χ4v) is 4.86. The Bertz CT molecular complexity index is 768. The van der Waals surface area contributed by atoms with Crippen LogP contribution < -0.4 is 0 Å². The van der Waals surface area contributed by atoms with Gasteiger partial charge in [0.2, 0.25) is 0 Å². The van der Waals surface area contributed by atoms with Gasteiger partial charge >= 0.3 is 0 Å². The molecule has 2 aromatic heterocycles. The summed E-state index contributed by atoms with van der Waals surface area (Å²) in [4.78, 5) is 19.8. The van der Waals surface area contributed by atoms with E-state index in [-0.39, 0.29) is 18.2 Å². The number of ether oxygens (including phenoxy) is 2. The molecule has 3 aliphatic rings. The summed E-state index contributed by atoms with van der Waals surface area (Å²) in [7, 11) is 0. The molecule has 0 bridgehead atoms. The highest BCUT2D eigenvalue weighted by molar-refractivity contribution is 7.16. The average Bonchev–Trinajstić information content (AvgIpc) is 3.20. The molecular formula is C17H18N2O3S. The first-order valence-electron chi connectivity index (χ1n) is 8.17. The van der Waals surface area contributed by atoms with Crippen molar-refractivity contribution >= 4 is 27.5 Å². The van der Waals surface area contributed by atoms with Gasteiger partial charge < -0.3 is 14.4 Å². The summed E-state index contributed by atoms with van der Waals surface area (Å²) in [6.45, 7) is 1.43. The van der Waals surface area contributed by atoms with Crippen molar-refractivity contribution in [3.8, 4) is 0 Å². The summed E-state index contributed by atoms with van der Waals surface area (Å²) in [6.07, 6.45) is 5.38. The van der Waals surface area contributed by atoms with E-state index < -0.39 is 5.60 Å². The number of carbonyl (C=O) groups is 1. The molecule has 1 spiro atoms. The Balaban J connectivity index is 1.22. The van der Waals surface area contributed by atoms with Gasteiger partial charge in [-0.05, 0) is 29.9 Å². The third-order valence-electron chi connectivity index (χ3n) is 5.23. The quantitative estimate of drug-likeness (QED) is 0.868. The molecule has 6 heteroatoms. The largest absolute Gasteiger partial charge is 0.373 e. The number of hydrogen-bond acceptors (Lipinski definition) is 5. The molecule has 2 aliphatic heterocycles. The maximum atomic E-state index is 12.5. The molecule has 1 atom stereocenters. The van der Waals surface area contributed by atoms with E-state index in [1.807, 2.05) is 17.2 Å². The minimum absolute atomic E-state index is 0.0235. The van der Waals surface area contributed by atoms with E-state index in [0.29, 0.717) is 19.4 Å². The Labute approximate surface area is 138 Å². The van der Waals surface area contributed by atoms with Gasteiger partial charge in [-0.15, -0.1) is 11.3 Å². The number of pyridine rings is 1. The number of amides is 1. The molecule has 1 unspecified atom stereocenters. The molecule has 1 amide bonds. The molecule has 3 fully saturated rings. The summed E-state index contributed by atoms with van der Waals surface area (Å²) in [5.41, 5.74) is 0.604. The maximum absolute atomic E-state index is 12.5. The minimum atomic E-state index is -0.575. The van der Waals surface area contributed by atoms with Crippen LogP contribution in [0, 0.1) is 0 Å². The summed E-state index contributed by atoms with van der Waals surface area (Å²) in [6, 6.07) is 4.03. The number of carbonyl (C=O) groups excluding carboxylic acids is 1. The SMILES string of the molecule is O=C1N2CCCC2OC12CC(OCc1csc3ncccc13)C2. The summed E-state index contributed by atoms with van der Waals surface area (Å²) >= 11 is 1.64. The predicted octanol–water partition coefficient (Wildman–Crippen LogP) is 2.69. The fourth-order valence-electron chi connectivity index (χ4n) is 3.97. The van der Waals surface area contributed by atoms with Gasteiger partial charge in [0.05, 0.1) is 12.7 Å². The fraction of sp³-hybridized carbons (Fsp3) is 0.529. The Morgan fingerprint density at radius 3 is 3.26 bits per heavy atom. The molecular weight excluding hydrogens is 312 g/mol. The standard InChI is InChI=1S/C17H18N2O3S/c20-16-17(22-14-4-2-6-19(14)16)7-12(8-17)21-9-11-10-23-15-13(11)3-1-5-18-15/h1,3,5,10,12,14H,2,4,6-9H2. The summed E-state index contributed by atoms with van der Waals surface area (Å²) < 4.78 is 12.1. The number of aromatic nitrogens is 1. The smallest absolute Gasteiger partial charge is 0.257 e. The van der Waals surface area contributed by atoms with Gasteiger partial charge in [-0.1, -0.05) is 6.07 Å². The molecule has 1 saturated carbocycles. The zero-order valence-corrected chi connectivity index (χ0v) is 13.6. The van der Waals surface area contributed by atoms with Crippen molar-refractivity contribution in [2.24, 2.45) is 0 Å². The van der Waals surface area contributed by atoms with Crippen molar-refractivity contribution < 1.29 is 14.3 Å². The highest BCUT2D eigenvalue weighted by Crippen LogP contribution is 2.47. The lowest BCUT2D eigenvalue weighted by Gasteiger charge is -2.41. The van der Waals surface area contributed by atoms with Crippen molar-refractivity contribution in [2.45, 2.75) is 50.2 Å². The molecule has 120 valence electrons. The van der Waals surface area contributed by atoms with E-state index in [0.717, 1.165) is 24.2 Å². The highest BCUT2D eigenvalue weighted by Gasteiger charge is 2.61. The van der Waals surface area contributed by atoms with Gasteiger partial charge in [0, 0.05) is 31.0 Å². The van der Waals surface area contributed by atoms with Crippen LogP contribution in [0.2, 0.25) is 0 Å². The maximum Gasteiger partial charge on any atom is 0.257 e. The van der Waals surface area contributed by atoms with Crippen LogP contribution in [0.5, 0.6) is 0 Å². The third-order valence-corrected chi connectivity index (χ3v) is 6.18. The number of thiophene rings is 1. The first kappa shape index (κ1) is 13.9. The van der Waals surface area contributed by atoms with Crippen LogP contribution in [0.15, 0.2) is 23.7 Å². The van der Waals surface area contributed by atoms with Gasteiger partial charge in [0.25, 0.3) is 5.91 Å². The van der Waals surface area contributed by atoms with E-state index in [9.17, 15) is 4.79 Å². The van der Waals surface area contributed by atoms with E-state index in [4.69, 9.17) is 9.47 Å². The Morgan fingerprint density at radius 2 is 2.39 bits per heavy atom. The molecule has 0 aromatic carbocycles. The van der Waals surface area contributed by atoms with Crippen molar-refractivity contribution in [2.75, 3.05) is 6.54 Å². The van der Waals surface area contributed by atoms with Gasteiger partial charge in [-0.3, -0.25) is 4.79 Å². The van der Waals surface area contributed by atoms with E-state index in [1.54, 1.807) is 11.3 Å². The van der Waals surface area contributed by atoms with Crippen molar-refractivity contribution in [3.05, 3.63) is 29.3 Å². The monoisotopic (exact) mass is 330 g/mol. The van der Waals surface area contributed by atoms with E-state index in [1.165, 1.54) is 10.9 Å². The van der Waals surface area contributed by atoms with E-state index in [2.05, 4.69) is 16.4 Å². The molecule has 0 N–H and O–H groups in total. The average molecular weight is 330 g/mol. The molecule has 23 heavy (non-hydrogen) atoms. The van der Waals surface area contributed by atoms with Crippen molar-refractivity contribution in [3.63, 3.8) is 0 Å². The van der Waals surface area contributed by atoms with Crippen molar-refractivity contribution in [1.29, 1.82) is 0 Å². The van der Waals surface area contributed by atoms with Crippen LogP contribution in [-0.2, 0) is 20.9 Å². The summed E-state index contributed by atoms with van der Waals surface area (Å²) in [5, 5.41) is 3.28. The van der Waals surface area contributed by atoms with Crippen LogP contribution in [0.3, 0.4) is 0 Å². The summed E-state index contributed by atoms with van der Waals surface area (Å²) in [5.74, 6) is 0.185. The number of fused-ring (bicyclic) bond motifs is 2. The zero-order valence-electron chi connectivity index (χ0n) is 12.7. The van der Waals surface area contributed by atoms with Crippen LogP contribution >= 0.6 is 11.3 Å². The molecule has 2 aromatic rings. The van der Waals surface area contributed by atoms with Crippen LogP contribution in [-0.4, -0.2) is 40.3 Å². The minimum Gasteiger partial charge on any atom is -0.373 e. The third kappa shape index (κ3) is 2.05. The Hall–Kier alpha value is -1.50. The first-order valence-corrected chi connectivity index (χ1v) is 9.05. The molecule has 1 aliphatic carbocycles. The van der Waals surface area contributed by atoms with Crippen LogP contribution in [0.1, 0.15) is 31.2 Å². The number of nitrogens with zero attached hydrogens (tertiary/aromatic N) is 2. The predicted molar refractivity (Wildman–Crippen MR) is 86.0 cm³/mol. The normalized spacial score (nSPS) is 32.7. The molecule has 4 heterocycles. The molecule has 5 nitrogen and oxygen atoms in total. The Kier molecular flexibility index (Phi) is 3.02. The highest BCUT2D eigenvalue weighted by atomic mass is 32.1. The number of rotatable bonds is 3. The second-order valence-electron chi connectivity index (χ2n) is 6.67. The van der Waals surface area contributed by atoms with Crippen molar-refractivity contribution in [1.82, 2.24) is 9.88 Å². The first-order chi connectivity index (χ1) is 11.3. The zero-order chi connectivity index (χ0) is 15.4.